The molecular weight excluding hydrogens is 671 g/mol. The second kappa shape index (κ2) is 11.7. The molecule has 0 spiro atoms. The second-order valence-corrected chi connectivity index (χ2v) is 15.5. The lowest BCUT2D eigenvalue weighted by atomic mass is 10.0. The van der Waals surface area contributed by atoms with Crippen molar-refractivity contribution < 1.29 is 4.42 Å². The molecule has 0 bridgehead atoms. The molecule has 52 heavy (non-hydrogen) atoms. The van der Waals surface area contributed by atoms with E-state index in [2.05, 4.69) is 175 Å². The summed E-state index contributed by atoms with van der Waals surface area (Å²) in [5.74, 6) is 0. The van der Waals surface area contributed by atoms with E-state index < -0.39 is 0 Å². The maximum Gasteiger partial charge on any atom is 0.137 e. The molecule has 0 saturated carbocycles. The van der Waals surface area contributed by atoms with Gasteiger partial charge in [-0.3, -0.25) is 0 Å². The number of benzene rings is 8. The predicted molar refractivity (Wildman–Crippen MR) is 225 cm³/mol. The van der Waals surface area contributed by atoms with Crippen molar-refractivity contribution in [3.63, 3.8) is 0 Å². The molecule has 3 aromatic heterocycles. The Morgan fingerprint density at radius 1 is 0.346 bits per heavy atom. The van der Waals surface area contributed by atoms with Gasteiger partial charge in [0.1, 0.15) is 11.2 Å². The lowest BCUT2D eigenvalue weighted by Gasteiger charge is -2.27. The highest BCUT2D eigenvalue weighted by Gasteiger charge is 2.20. The van der Waals surface area contributed by atoms with E-state index in [1.165, 1.54) is 62.6 Å². The molecule has 3 heterocycles. The summed E-state index contributed by atoms with van der Waals surface area (Å²) in [4.78, 5) is 2.38. The molecule has 11 rings (SSSR count). The Balaban J connectivity index is 1.06. The summed E-state index contributed by atoms with van der Waals surface area (Å²) in [5, 5.41) is 7.49. The Morgan fingerprint density at radius 2 is 0.885 bits per heavy atom. The van der Waals surface area contributed by atoms with Crippen molar-refractivity contribution in [3.05, 3.63) is 176 Å². The average molecular weight is 700 g/mol. The summed E-state index contributed by atoms with van der Waals surface area (Å²) in [6.07, 6.45) is 0. The Hall–Kier alpha value is -6.20. The summed E-state index contributed by atoms with van der Waals surface area (Å²) < 4.78 is 11.7. The van der Waals surface area contributed by atoms with Crippen molar-refractivity contribution in [2.75, 3.05) is 4.90 Å². The third-order valence-corrected chi connectivity index (χ3v) is 12.5. The molecule has 0 aliphatic rings. The van der Waals surface area contributed by atoms with E-state index in [0.29, 0.717) is 0 Å². The molecule has 11 aromatic rings. The summed E-state index contributed by atoms with van der Waals surface area (Å²) in [6, 6.07) is 63.8. The highest BCUT2D eigenvalue weighted by atomic mass is 32.1. The lowest BCUT2D eigenvalue weighted by molar-refractivity contribution is 0.669. The Bertz CT molecular complexity index is 3150. The van der Waals surface area contributed by atoms with Gasteiger partial charge in [0.25, 0.3) is 0 Å². The third kappa shape index (κ3) is 4.69. The first-order valence-corrected chi connectivity index (χ1v) is 19.1. The quantitative estimate of drug-likeness (QED) is 0.178. The van der Waals surface area contributed by atoms with Crippen molar-refractivity contribution >= 4 is 102 Å². The highest BCUT2D eigenvalue weighted by molar-refractivity contribution is 7.26. The molecule has 4 heteroatoms. The first-order valence-electron chi connectivity index (χ1n) is 17.5. The molecule has 0 aliphatic heterocycles. The lowest BCUT2D eigenvalue weighted by Crippen LogP contribution is -2.10. The van der Waals surface area contributed by atoms with Gasteiger partial charge in [-0.15, -0.1) is 22.7 Å². The molecule has 0 fully saturated rings. The summed E-state index contributed by atoms with van der Waals surface area (Å²) in [5.41, 5.74) is 9.83. The standard InChI is InChI=1S/C48H29NOS2/c1-4-15-42-40(13-1)48-41(14-8-16-43(48)50-42)49(34-23-19-30(20-24-34)32-21-25-38-36-11-2-5-17-44(36)51-46(38)28-32)35-10-7-9-31(27-35)33-22-26-39-37-12-3-6-18-45(37)52-47(39)29-33/h1-29H. The van der Waals surface area contributed by atoms with E-state index in [1.54, 1.807) is 0 Å². The maximum absolute atomic E-state index is 6.38. The SMILES string of the molecule is c1cc(-c2ccc3c(c2)sc2ccccc23)cc(N(c2ccc(-c3ccc4c(c3)sc3ccccc34)cc2)c2cccc3oc4ccccc4c23)c1. The zero-order chi connectivity index (χ0) is 34.2. The van der Waals surface area contributed by atoms with Crippen LogP contribution in [0, 0.1) is 0 Å². The van der Waals surface area contributed by atoms with Gasteiger partial charge in [0.05, 0.1) is 11.1 Å². The Labute approximate surface area is 308 Å². The van der Waals surface area contributed by atoms with Gasteiger partial charge < -0.3 is 9.32 Å². The van der Waals surface area contributed by atoms with Crippen LogP contribution in [0.3, 0.4) is 0 Å². The van der Waals surface area contributed by atoms with Gasteiger partial charge in [0.15, 0.2) is 0 Å². The number of rotatable bonds is 5. The molecular formula is C48H29NOS2. The normalized spacial score (nSPS) is 11.8. The minimum Gasteiger partial charge on any atom is -0.456 e. The van der Waals surface area contributed by atoms with Crippen molar-refractivity contribution in [1.29, 1.82) is 0 Å². The second-order valence-electron chi connectivity index (χ2n) is 13.3. The fraction of sp³-hybridized carbons (Fsp3) is 0. The van der Waals surface area contributed by atoms with Crippen LogP contribution in [-0.2, 0) is 0 Å². The number of thiophene rings is 2. The minimum absolute atomic E-state index is 0.878. The van der Waals surface area contributed by atoms with Crippen LogP contribution in [0.4, 0.5) is 17.1 Å². The van der Waals surface area contributed by atoms with Gasteiger partial charge in [-0.2, -0.15) is 0 Å². The molecule has 0 unspecified atom stereocenters. The molecule has 0 radical (unpaired) electrons. The van der Waals surface area contributed by atoms with E-state index in [-0.39, 0.29) is 0 Å². The molecule has 0 N–H and O–H groups in total. The molecule has 2 nitrogen and oxygen atoms in total. The van der Waals surface area contributed by atoms with E-state index in [9.17, 15) is 0 Å². The van der Waals surface area contributed by atoms with Gasteiger partial charge in [-0.05, 0) is 89.0 Å². The number of hydrogen-bond acceptors (Lipinski definition) is 4. The van der Waals surface area contributed by atoms with E-state index in [1.807, 2.05) is 28.7 Å². The van der Waals surface area contributed by atoms with Crippen LogP contribution in [0.1, 0.15) is 0 Å². The highest BCUT2D eigenvalue weighted by Crippen LogP contribution is 2.45. The Morgan fingerprint density at radius 3 is 1.60 bits per heavy atom. The first-order chi connectivity index (χ1) is 25.7. The zero-order valence-corrected chi connectivity index (χ0v) is 29.5. The van der Waals surface area contributed by atoms with Gasteiger partial charge >= 0.3 is 0 Å². The largest absolute Gasteiger partial charge is 0.456 e. The smallest absolute Gasteiger partial charge is 0.137 e. The van der Waals surface area contributed by atoms with Crippen molar-refractivity contribution in [3.8, 4) is 22.3 Å². The van der Waals surface area contributed by atoms with Crippen LogP contribution in [-0.4, -0.2) is 0 Å². The third-order valence-electron chi connectivity index (χ3n) is 10.3. The number of fused-ring (bicyclic) bond motifs is 9. The summed E-state index contributed by atoms with van der Waals surface area (Å²) in [7, 11) is 0. The summed E-state index contributed by atoms with van der Waals surface area (Å²) >= 11 is 3.72. The summed E-state index contributed by atoms with van der Waals surface area (Å²) in [6.45, 7) is 0. The van der Waals surface area contributed by atoms with Crippen LogP contribution in [0.2, 0.25) is 0 Å². The number of anilines is 3. The molecule has 0 atom stereocenters. The van der Waals surface area contributed by atoms with Gasteiger partial charge in [-0.25, -0.2) is 0 Å². The van der Waals surface area contributed by atoms with Gasteiger partial charge in [-0.1, -0.05) is 109 Å². The van der Waals surface area contributed by atoms with E-state index >= 15 is 0 Å². The number of hydrogen-bond donors (Lipinski definition) is 0. The molecule has 0 amide bonds. The topological polar surface area (TPSA) is 16.4 Å². The van der Waals surface area contributed by atoms with Gasteiger partial charge in [0.2, 0.25) is 0 Å². The molecule has 244 valence electrons. The van der Waals surface area contributed by atoms with Crippen molar-refractivity contribution in [2.45, 2.75) is 0 Å². The van der Waals surface area contributed by atoms with Crippen LogP contribution >= 0.6 is 22.7 Å². The molecule has 0 aliphatic carbocycles. The number of para-hydroxylation sites is 1. The number of nitrogens with zero attached hydrogens (tertiary/aromatic N) is 1. The van der Waals surface area contributed by atoms with Crippen LogP contribution < -0.4 is 4.90 Å². The zero-order valence-electron chi connectivity index (χ0n) is 27.9. The molecule has 8 aromatic carbocycles. The fourth-order valence-corrected chi connectivity index (χ4v) is 10.1. The predicted octanol–water partition coefficient (Wildman–Crippen LogP) is 15.1. The first kappa shape index (κ1) is 29.5. The number of furan rings is 1. The van der Waals surface area contributed by atoms with Crippen molar-refractivity contribution in [1.82, 2.24) is 0 Å². The van der Waals surface area contributed by atoms with E-state index in [0.717, 1.165) is 39.0 Å². The fourth-order valence-electron chi connectivity index (χ4n) is 7.81. The maximum atomic E-state index is 6.38. The Kier molecular flexibility index (Phi) is 6.63. The van der Waals surface area contributed by atoms with Crippen LogP contribution in [0.15, 0.2) is 180 Å². The average Bonchev–Trinajstić information content (AvgIpc) is 3.89. The van der Waals surface area contributed by atoms with Crippen molar-refractivity contribution in [2.24, 2.45) is 0 Å². The minimum atomic E-state index is 0.878. The van der Waals surface area contributed by atoms with Crippen LogP contribution in [0.5, 0.6) is 0 Å². The monoisotopic (exact) mass is 699 g/mol. The molecule has 0 saturated heterocycles. The van der Waals surface area contributed by atoms with E-state index in [4.69, 9.17) is 4.42 Å². The van der Waals surface area contributed by atoms with Gasteiger partial charge in [0, 0.05) is 57.1 Å². The van der Waals surface area contributed by atoms with Crippen LogP contribution in [0.25, 0.3) is 84.5 Å².